The van der Waals surface area contributed by atoms with Gasteiger partial charge in [-0.3, -0.25) is 4.79 Å². The van der Waals surface area contributed by atoms with Crippen molar-refractivity contribution in [3.8, 4) is 0 Å². The fourth-order valence-corrected chi connectivity index (χ4v) is 6.51. The summed E-state index contributed by atoms with van der Waals surface area (Å²) in [5, 5.41) is 53.8. The molecule has 1 rings (SSSR count). The first kappa shape index (κ1) is 46.0. The molecular formula is C40H77NO8. The molecule has 0 spiro atoms. The number of allylic oxidation sites excluding steroid dienone is 1. The molecule has 9 nitrogen and oxygen atoms in total. The Bertz CT molecular complexity index is 781. The standard InChI is InChI=1S/C40H77NO8/c1-3-5-7-9-11-12-13-14-15-16-17-18-19-20-21-22-24-25-27-29-34(43)33(41-36(44)30-28-26-23-10-8-6-4-2)32-48-40-39(47)38(46)37(45)35(31-42)49-40/h27,29,33-35,37-40,42-43,45-47H,3-26,28,30-32H2,1-2H3,(H,41,44)/b29-27+. The quantitative estimate of drug-likeness (QED) is 0.0307. The molecule has 290 valence electrons. The number of carbonyl (C=O) groups excluding carboxylic acids is 1. The van der Waals surface area contributed by atoms with Gasteiger partial charge in [-0.25, -0.2) is 0 Å². The zero-order valence-corrected chi connectivity index (χ0v) is 31.5. The summed E-state index contributed by atoms with van der Waals surface area (Å²) in [4.78, 5) is 12.8. The molecular weight excluding hydrogens is 622 g/mol. The number of hydrogen-bond acceptors (Lipinski definition) is 8. The van der Waals surface area contributed by atoms with Crippen LogP contribution in [0, 0.1) is 0 Å². The number of nitrogens with one attached hydrogen (secondary N) is 1. The highest BCUT2D eigenvalue weighted by atomic mass is 16.7. The smallest absolute Gasteiger partial charge is 0.220 e. The van der Waals surface area contributed by atoms with Crippen LogP contribution in [0.1, 0.15) is 181 Å². The fraction of sp³-hybridized carbons (Fsp3) is 0.925. The van der Waals surface area contributed by atoms with Crippen LogP contribution >= 0.6 is 0 Å². The lowest BCUT2D eigenvalue weighted by atomic mass is 9.99. The Morgan fingerprint density at radius 2 is 1.12 bits per heavy atom. The molecule has 1 aliphatic heterocycles. The number of unbranched alkanes of at least 4 members (excludes halogenated alkanes) is 23. The van der Waals surface area contributed by atoms with Crippen molar-refractivity contribution in [3.63, 3.8) is 0 Å². The lowest BCUT2D eigenvalue weighted by molar-refractivity contribution is -0.302. The fourth-order valence-electron chi connectivity index (χ4n) is 6.51. The van der Waals surface area contributed by atoms with Crippen molar-refractivity contribution in [2.75, 3.05) is 13.2 Å². The van der Waals surface area contributed by atoms with Crippen LogP contribution in [-0.2, 0) is 14.3 Å². The van der Waals surface area contributed by atoms with E-state index in [-0.39, 0.29) is 12.5 Å². The van der Waals surface area contributed by atoms with Gasteiger partial charge < -0.3 is 40.3 Å². The number of ether oxygens (including phenoxy) is 2. The molecule has 6 N–H and O–H groups in total. The first-order valence-electron chi connectivity index (χ1n) is 20.4. The van der Waals surface area contributed by atoms with E-state index in [0.29, 0.717) is 6.42 Å². The average molecular weight is 700 g/mol. The van der Waals surface area contributed by atoms with E-state index in [4.69, 9.17) is 9.47 Å². The third-order valence-electron chi connectivity index (χ3n) is 9.86. The molecule has 1 amide bonds. The molecule has 0 aromatic rings. The van der Waals surface area contributed by atoms with Gasteiger partial charge in [0.25, 0.3) is 0 Å². The van der Waals surface area contributed by atoms with Crippen LogP contribution in [0.25, 0.3) is 0 Å². The van der Waals surface area contributed by atoms with Crippen molar-refractivity contribution in [1.29, 1.82) is 0 Å². The molecule has 0 aliphatic carbocycles. The Morgan fingerprint density at radius 1 is 0.673 bits per heavy atom. The highest BCUT2D eigenvalue weighted by Gasteiger charge is 2.44. The highest BCUT2D eigenvalue weighted by Crippen LogP contribution is 2.22. The predicted octanol–water partition coefficient (Wildman–Crippen LogP) is 7.39. The lowest BCUT2D eigenvalue weighted by Gasteiger charge is -2.40. The number of aliphatic hydroxyl groups is 5. The summed E-state index contributed by atoms with van der Waals surface area (Å²) in [6.45, 7) is 3.71. The van der Waals surface area contributed by atoms with E-state index < -0.39 is 49.5 Å². The minimum absolute atomic E-state index is 0.184. The van der Waals surface area contributed by atoms with E-state index >= 15 is 0 Å². The van der Waals surface area contributed by atoms with Crippen molar-refractivity contribution in [1.82, 2.24) is 5.32 Å². The lowest BCUT2D eigenvalue weighted by Crippen LogP contribution is -2.60. The minimum atomic E-state index is -1.56. The van der Waals surface area contributed by atoms with Crippen molar-refractivity contribution < 1.29 is 39.8 Å². The van der Waals surface area contributed by atoms with Gasteiger partial charge in [0.1, 0.15) is 24.4 Å². The van der Waals surface area contributed by atoms with Gasteiger partial charge in [0, 0.05) is 6.42 Å². The maximum atomic E-state index is 12.8. The van der Waals surface area contributed by atoms with Gasteiger partial charge in [-0.15, -0.1) is 0 Å². The second kappa shape index (κ2) is 31.6. The average Bonchev–Trinajstić information content (AvgIpc) is 3.10. The molecule has 49 heavy (non-hydrogen) atoms. The SMILES string of the molecule is CCCCCCCCCCCCCCCCCCC/C=C/C(O)C(COC1OC(CO)C(O)C(O)C1O)NC(=O)CCCCCCCCC. The van der Waals surface area contributed by atoms with Crippen molar-refractivity contribution in [3.05, 3.63) is 12.2 Å². The minimum Gasteiger partial charge on any atom is -0.394 e. The van der Waals surface area contributed by atoms with E-state index in [1.807, 2.05) is 6.08 Å². The molecule has 0 radical (unpaired) electrons. The molecule has 7 atom stereocenters. The molecule has 1 fully saturated rings. The van der Waals surface area contributed by atoms with Crippen LogP contribution in [0.15, 0.2) is 12.2 Å². The molecule has 9 heteroatoms. The predicted molar refractivity (Wildman–Crippen MR) is 198 cm³/mol. The Hall–Kier alpha value is -1.07. The van der Waals surface area contributed by atoms with Gasteiger partial charge in [0.2, 0.25) is 5.91 Å². The summed E-state index contributed by atoms with van der Waals surface area (Å²) < 4.78 is 11.1. The summed E-state index contributed by atoms with van der Waals surface area (Å²) >= 11 is 0. The summed E-state index contributed by atoms with van der Waals surface area (Å²) in [6.07, 6.45) is 27.0. The number of aliphatic hydroxyl groups excluding tert-OH is 5. The number of hydrogen-bond donors (Lipinski definition) is 6. The van der Waals surface area contributed by atoms with Gasteiger partial charge in [0.05, 0.1) is 25.4 Å². The molecule has 0 aromatic heterocycles. The van der Waals surface area contributed by atoms with Crippen molar-refractivity contribution >= 4 is 5.91 Å². The van der Waals surface area contributed by atoms with Gasteiger partial charge in [-0.05, 0) is 19.3 Å². The van der Waals surface area contributed by atoms with Gasteiger partial charge in [-0.1, -0.05) is 167 Å². The number of carbonyl (C=O) groups is 1. The molecule has 1 aliphatic rings. The number of amides is 1. The largest absolute Gasteiger partial charge is 0.394 e. The van der Waals surface area contributed by atoms with Crippen LogP contribution in [0.3, 0.4) is 0 Å². The Labute approximate surface area is 299 Å². The van der Waals surface area contributed by atoms with Crippen LogP contribution in [0.5, 0.6) is 0 Å². The second-order valence-corrected chi connectivity index (χ2v) is 14.4. The van der Waals surface area contributed by atoms with Crippen molar-refractivity contribution in [2.24, 2.45) is 0 Å². The zero-order valence-electron chi connectivity index (χ0n) is 31.5. The van der Waals surface area contributed by atoms with Gasteiger partial charge in [-0.2, -0.15) is 0 Å². The molecule has 7 unspecified atom stereocenters. The Kier molecular flexibility index (Phi) is 29.7. The normalized spacial score (nSPS) is 22.5. The summed E-state index contributed by atoms with van der Waals surface area (Å²) in [6, 6.07) is -0.795. The molecule has 0 aromatic carbocycles. The molecule has 0 bridgehead atoms. The van der Waals surface area contributed by atoms with Crippen LogP contribution in [0.2, 0.25) is 0 Å². The number of rotatable bonds is 33. The maximum Gasteiger partial charge on any atom is 0.220 e. The third-order valence-corrected chi connectivity index (χ3v) is 9.86. The van der Waals surface area contributed by atoms with Gasteiger partial charge in [0.15, 0.2) is 6.29 Å². The van der Waals surface area contributed by atoms with E-state index in [1.54, 1.807) is 6.08 Å². The van der Waals surface area contributed by atoms with Crippen LogP contribution in [0.4, 0.5) is 0 Å². The van der Waals surface area contributed by atoms with Crippen LogP contribution in [-0.4, -0.2) is 87.5 Å². The monoisotopic (exact) mass is 700 g/mol. The second-order valence-electron chi connectivity index (χ2n) is 14.4. The zero-order chi connectivity index (χ0) is 36.0. The molecule has 0 saturated carbocycles. The maximum absolute atomic E-state index is 12.8. The third kappa shape index (κ3) is 23.2. The van der Waals surface area contributed by atoms with Gasteiger partial charge >= 0.3 is 0 Å². The Balaban J connectivity index is 2.34. The van der Waals surface area contributed by atoms with Crippen molar-refractivity contribution in [2.45, 2.75) is 224 Å². The van der Waals surface area contributed by atoms with E-state index in [1.165, 1.54) is 122 Å². The first-order chi connectivity index (χ1) is 23.8. The summed E-state index contributed by atoms with van der Waals surface area (Å²) in [7, 11) is 0. The Morgan fingerprint density at radius 3 is 1.59 bits per heavy atom. The molecule has 1 saturated heterocycles. The van der Waals surface area contributed by atoms with E-state index in [2.05, 4.69) is 19.2 Å². The van der Waals surface area contributed by atoms with Crippen LogP contribution < -0.4 is 5.32 Å². The molecule has 1 heterocycles. The highest BCUT2D eigenvalue weighted by molar-refractivity contribution is 5.76. The topological polar surface area (TPSA) is 149 Å². The van der Waals surface area contributed by atoms with E-state index in [9.17, 15) is 30.3 Å². The summed E-state index contributed by atoms with van der Waals surface area (Å²) in [5.74, 6) is -0.184. The first-order valence-corrected chi connectivity index (χ1v) is 20.4. The summed E-state index contributed by atoms with van der Waals surface area (Å²) in [5.41, 5.74) is 0. The van der Waals surface area contributed by atoms with E-state index in [0.717, 1.165) is 38.5 Å².